The lowest BCUT2D eigenvalue weighted by atomic mass is 10.1. The number of fused-ring (bicyclic) bond motifs is 1. The van der Waals surface area contributed by atoms with Crippen molar-refractivity contribution in [3.05, 3.63) is 42.1 Å². The number of carbonyl (C=O) groups excluding carboxylic acids is 1. The van der Waals surface area contributed by atoms with Gasteiger partial charge in [0.1, 0.15) is 6.04 Å². The average Bonchev–Trinajstić information content (AvgIpc) is 2.95. The third kappa shape index (κ3) is 1.95. The predicted octanol–water partition coefficient (Wildman–Crippen LogP) is 1.40. The summed E-state index contributed by atoms with van der Waals surface area (Å²) in [5.41, 5.74) is 2.22. The maximum atomic E-state index is 12.1. The number of para-hydroxylation sites is 1. The van der Waals surface area contributed by atoms with Gasteiger partial charge in [-0.15, -0.1) is 0 Å². The third-order valence-electron chi connectivity index (χ3n) is 3.05. The van der Waals surface area contributed by atoms with Crippen LogP contribution in [0, 0.1) is 0 Å². The number of nitrogens with one attached hydrogen (secondary N) is 2. The first-order chi connectivity index (χ1) is 8.72. The molecule has 1 aromatic carbocycles. The van der Waals surface area contributed by atoms with Crippen molar-refractivity contribution in [3.8, 4) is 0 Å². The number of hydrogen-bond acceptors (Lipinski definition) is 3. The molecule has 0 saturated heterocycles. The SMILES string of the molecule is Cn1ccc(NC(=O)C2Cc3ccccc3N2)n1. The van der Waals surface area contributed by atoms with Gasteiger partial charge in [-0.3, -0.25) is 9.48 Å². The summed E-state index contributed by atoms with van der Waals surface area (Å²) in [6.45, 7) is 0. The highest BCUT2D eigenvalue weighted by Gasteiger charge is 2.26. The van der Waals surface area contributed by atoms with Crippen LogP contribution < -0.4 is 10.6 Å². The fraction of sp³-hybridized carbons (Fsp3) is 0.231. The molecular weight excluding hydrogens is 228 g/mol. The van der Waals surface area contributed by atoms with E-state index < -0.39 is 0 Å². The highest BCUT2D eigenvalue weighted by molar-refractivity contribution is 5.97. The van der Waals surface area contributed by atoms with E-state index in [1.54, 1.807) is 16.9 Å². The normalized spacial score (nSPS) is 17.1. The number of nitrogens with zero attached hydrogens (tertiary/aromatic N) is 2. The van der Waals surface area contributed by atoms with Gasteiger partial charge >= 0.3 is 0 Å². The third-order valence-corrected chi connectivity index (χ3v) is 3.05. The summed E-state index contributed by atoms with van der Waals surface area (Å²) in [5.74, 6) is 0.533. The van der Waals surface area contributed by atoms with E-state index in [1.807, 2.05) is 31.3 Å². The first-order valence-corrected chi connectivity index (χ1v) is 5.87. The zero-order valence-electron chi connectivity index (χ0n) is 10.1. The Morgan fingerprint density at radius 3 is 3.00 bits per heavy atom. The molecule has 1 aliphatic rings. The molecule has 1 unspecified atom stereocenters. The van der Waals surface area contributed by atoms with Crippen LogP contribution >= 0.6 is 0 Å². The molecule has 92 valence electrons. The van der Waals surface area contributed by atoms with Crippen molar-refractivity contribution in [2.75, 3.05) is 10.6 Å². The van der Waals surface area contributed by atoms with E-state index in [0.29, 0.717) is 5.82 Å². The molecule has 18 heavy (non-hydrogen) atoms. The molecule has 0 fully saturated rings. The highest BCUT2D eigenvalue weighted by Crippen LogP contribution is 2.25. The first-order valence-electron chi connectivity index (χ1n) is 5.87. The molecule has 2 N–H and O–H groups in total. The average molecular weight is 242 g/mol. The van der Waals surface area contributed by atoms with Gasteiger partial charge in [0.05, 0.1) is 0 Å². The smallest absolute Gasteiger partial charge is 0.248 e. The summed E-state index contributed by atoms with van der Waals surface area (Å²) in [6.07, 6.45) is 2.52. The molecule has 1 atom stereocenters. The van der Waals surface area contributed by atoms with Crippen LogP contribution in [0.3, 0.4) is 0 Å². The molecule has 0 saturated carbocycles. The largest absolute Gasteiger partial charge is 0.373 e. The Balaban J connectivity index is 1.69. The molecule has 5 heteroatoms. The lowest BCUT2D eigenvalue weighted by molar-refractivity contribution is -0.116. The molecule has 3 rings (SSSR count). The Bertz CT molecular complexity index is 565. The first kappa shape index (κ1) is 10.8. The van der Waals surface area contributed by atoms with Crippen molar-refractivity contribution in [2.24, 2.45) is 7.05 Å². The quantitative estimate of drug-likeness (QED) is 0.836. The van der Waals surface area contributed by atoms with Gasteiger partial charge in [0.2, 0.25) is 5.91 Å². The van der Waals surface area contributed by atoms with Gasteiger partial charge in [0.15, 0.2) is 5.82 Å². The highest BCUT2D eigenvalue weighted by atomic mass is 16.2. The number of benzene rings is 1. The Morgan fingerprint density at radius 2 is 2.28 bits per heavy atom. The van der Waals surface area contributed by atoms with Crippen molar-refractivity contribution in [1.82, 2.24) is 9.78 Å². The zero-order valence-corrected chi connectivity index (χ0v) is 10.1. The molecule has 2 heterocycles. The van der Waals surface area contributed by atoms with Crippen LogP contribution in [0.2, 0.25) is 0 Å². The number of hydrogen-bond donors (Lipinski definition) is 2. The van der Waals surface area contributed by atoms with Crippen molar-refractivity contribution < 1.29 is 4.79 Å². The number of aryl methyl sites for hydroxylation is 1. The zero-order chi connectivity index (χ0) is 12.5. The summed E-state index contributed by atoms with van der Waals surface area (Å²) in [7, 11) is 1.82. The second kappa shape index (κ2) is 4.18. The minimum Gasteiger partial charge on any atom is -0.373 e. The minimum atomic E-state index is -0.218. The maximum Gasteiger partial charge on any atom is 0.248 e. The monoisotopic (exact) mass is 242 g/mol. The van der Waals surface area contributed by atoms with Gasteiger partial charge in [-0.1, -0.05) is 18.2 Å². The molecule has 2 aromatic rings. The Labute approximate surface area is 105 Å². The maximum absolute atomic E-state index is 12.1. The molecule has 0 radical (unpaired) electrons. The fourth-order valence-electron chi connectivity index (χ4n) is 2.15. The Hall–Kier alpha value is -2.30. The second-order valence-electron chi connectivity index (χ2n) is 4.42. The van der Waals surface area contributed by atoms with E-state index in [9.17, 15) is 4.79 Å². The topological polar surface area (TPSA) is 59.0 Å². The number of aromatic nitrogens is 2. The summed E-state index contributed by atoms with van der Waals surface area (Å²) in [6, 6.07) is 9.54. The van der Waals surface area contributed by atoms with E-state index >= 15 is 0 Å². The van der Waals surface area contributed by atoms with E-state index in [0.717, 1.165) is 12.1 Å². The molecule has 1 aromatic heterocycles. The van der Waals surface area contributed by atoms with Crippen molar-refractivity contribution in [3.63, 3.8) is 0 Å². The number of carbonyl (C=O) groups is 1. The molecule has 0 aliphatic carbocycles. The molecular formula is C13H14N4O. The van der Waals surface area contributed by atoms with Gasteiger partial charge in [-0.2, -0.15) is 5.10 Å². The molecule has 5 nitrogen and oxygen atoms in total. The van der Waals surface area contributed by atoms with Crippen molar-refractivity contribution >= 4 is 17.4 Å². The molecule has 1 aliphatic heterocycles. The standard InChI is InChI=1S/C13H14N4O/c1-17-7-6-12(16-17)15-13(18)11-8-9-4-2-3-5-10(9)14-11/h2-7,11,14H,8H2,1H3,(H,15,16,18). The van der Waals surface area contributed by atoms with Crippen LogP contribution in [-0.4, -0.2) is 21.7 Å². The van der Waals surface area contributed by atoms with Crippen LogP contribution in [-0.2, 0) is 18.3 Å². The van der Waals surface area contributed by atoms with Crippen LogP contribution in [0.1, 0.15) is 5.56 Å². The summed E-state index contributed by atoms with van der Waals surface area (Å²) < 4.78 is 1.66. The number of anilines is 2. The van der Waals surface area contributed by atoms with E-state index in [4.69, 9.17) is 0 Å². The summed E-state index contributed by atoms with van der Waals surface area (Å²) in [5, 5.41) is 10.1. The van der Waals surface area contributed by atoms with E-state index in [1.165, 1.54) is 5.56 Å². The van der Waals surface area contributed by atoms with Gasteiger partial charge in [-0.05, 0) is 11.6 Å². The molecule has 0 spiro atoms. The molecule has 0 bridgehead atoms. The fourth-order valence-corrected chi connectivity index (χ4v) is 2.15. The van der Waals surface area contributed by atoms with Crippen molar-refractivity contribution in [1.29, 1.82) is 0 Å². The second-order valence-corrected chi connectivity index (χ2v) is 4.42. The summed E-state index contributed by atoms with van der Waals surface area (Å²) in [4.78, 5) is 12.1. The van der Waals surface area contributed by atoms with E-state index in [-0.39, 0.29) is 11.9 Å². The van der Waals surface area contributed by atoms with E-state index in [2.05, 4.69) is 15.7 Å². The van der Waals surface area contributed by atoms with Gasteiger partial charge in [0, 0.05) is 31.4 Å². The van der Waals surface area contributed by atoms with Crippen LogP contribution in [0.5, 0.6) is 0 Å². The lowest BCUT2D eigenvalue weighted by Gasteiger charge is -2.10. The number of amides is 1. The van der Waals surface area contributed by atoms with Crippen LogP contribution in [0.15, 0.2) is 36.5 Å². The minimum absolute atomic E-state index is 0.0510. The van der Waals surface area contributed by atoms with Crippen LogP contribution in [0.25, 0.3) is 0 Å². The molecule has 1 amide bonds. The van der Waals surface area contributed by atoms with Crippen LogP contribution in [0.4, 0.5) is 11.5 Å². The Morgan fingerprint density at radius 1 is 1.44 bits per heavy atom. The summed E-state index contributed by atoms with van der Waals surface area (Å²) >= 11 is 0. The van der Waals surface area contributed by atoms with Gasteiger partial charge < -0.3 is 10.6 Å². The van der Waals surface area contributed by atoms with Gasteiger partial charge in [0.25, 0.3) is 0 Å². The van der Waals surface area contributed by atoms with Gasteiger partial charge in [-0.25, -0.2) is 0 Å². The lowest BCUT2D eigenvalue weighted by Crippen LogP contribution is -2.32. The number of rotatable bonds is 2. The Kier molecular flexibility index (Phi) is 2.51. The predicted molar refractivity (Wildman–Crippen MR) is 69.4 cm³/mol. The van der Waals surface area contributed by atoms with Crippen molar-refractivity contribution in [2.45, 2.75) is 12.5 Å².